The van der Waals surface area contributed by atoms with Crippen LogP contribution in [0.25, 0.3) is 0 Å². The molecule has 3 nitrogen and oxygen atoms in total. The summed E-state index contributed by atoms with van der Waals surface area (Å²) in [5, 5.41) is 2.69. The van der Waals surface area contributed by atoms with Gasteiger partial charge < -0.3 is 9.47 Å². The van der Waals surface area contributed by atoms with Crippen LogP contribution in [-0.4, -0.2) is 25.9 Å². The van der Waals surface area contributed by atoms with Crippen molar-refractivity contribution in [2.45, 2.75) is 37.5 Å². The summed E-state index contributed by atoms with van der Waals surface area (Å²) in [5.74, 6) is 1.13. The number of methoxy groups -OCH3 is 2. The molecule has 1 saturated carbocycles. The zero-order valence-electron chi connectivity index (χ0n) is 11.7. The first-order chi connectivity index (χ1) is 9.33. The van der Waals surface area contributed by atoms with Gasteiger partial charge in [-0.05, 0) is 38.0 Å². The minimum absolute atomic E-state index is 0.118. The highest BCUT2D eigenvalue weighted by Crippen LogP contribution is 2.50. The fraction of sp³-hybridized carbons (Fsp3) is 0.571. The Morgan fingerprint density at radius 2 is 1.85 bits per heavy atom. The topological polar surface area (TPSA) is 30.5 Å². The van der Waals surface area contributed by atoms with Gasteiger partial charge in [0.1, 0.15) is 17.0 Å². The van der Waals surface area contributed by atoms with Gasteiger partial charge in [-0.15, -0.1) is 0 Å². The fourth-order valence-electron chi connectivity index (χ4n) is 2.30. The van der Waals surface area contributed by atoms with Gasteiger partial charge in [-0.3, -0.25) is 5.32 Å². The highest BCUT2D eigenvalue weighted by molar-refractivity contribution is 5.42. The lowest BCUT2D eigenvalue weighted by atomic mass is 10.0. The molecule has 0 aromatic heterocycles. The monoisotopic (exact) mass is 289 g/mol. The van der Waals surface area contributed by atoms with Gasteiger partial charge in [-0.25, -0.2) is 0 Å². The zero-order valence-corrected chi connectivity index (χ0v) is 11.7. The first kappa shape index (κ1) is 15.0. The van der Waals surface area contributed by atoms with E-state index in [4.69, 9.17) is 9.47 Å². The number of hydrogen-bond donors (Lipinski definition) is 1. The lowest BCUT2D eigenvalue weighted by Gasteiger charge is -2.26. The highest BCUT2D eigenvalue weighted by Gasteiger charge is 2.63. The van der Waals surface area contributed by atoms with E-state index in [1.807, 2.05) is 0 Å². The second-order valence-corrected chi connectivity index (χ2v) is 5.05. The lowest BCUT2D eigenvalue weighted by Crippen LogP contribution is -2.45. The van der Waals surface area contributed by atoms with Crippen molar-refractivity contribution in [2.24, 2.45) is 0 Å². The third-order valence-corrected chi connectivity index (χ3v) is 3.69. The van der Waals surface area contributed by atoms with Crippen LogP contribution in [-0.2, 0) is 0 Å². The fourth-order valence-corrected chi connectivity index (χ4v) is 2.30. The van der Waals surface area contributed by atoms with Crippen molar-refractivity contribution in [1.82, 2.24) is 5.32 Å². The summed E-state index contributed by atoms with van der Waals surface area (Å²) in [7, 11) is 3.01. The van der Waals surface area contributed by atoms with Crippen LogP contribution in [0.5, 0.6) is 11.5 Å². The number of hydrogen-bond acceptors (Lipinski definition) is 3. The molecule has 1 fully saturated rings. The quantitative estimate of drug-likeness (QED) is 0.900. The summed E-state index contributed by atoms with van der Waals surface area (Å²) >= 11 is 0. The van der Waals surface area contributed by atoms with Crippen molar-refractivity contribution in [3.8, 4) is 11.5 Å². The molecule has 0 heterocycles. The van der Waals surface area contributed by atoms with Crippen LogP contribution >= 0.6 is 0 Å². The van der Waals surface area contributed by atoms with Crippen molar-refractivity contribution < 1.29 is 22.6 Å². The molecule has 0 amide bonds. The van der Waals surface area contributed by atoms with E-state index in [0.29, 0.717) is 17.1 Å². The molecule has 1 aromatic rings. The van der Waals surface area contributed by atoms with Gasteiger partial charge in [0.05, 0.1) is 14.2 Å². The lowest BCUT2D eigenvalue weighted by molar-refractivity contribution is -0.167. The van der Waals surface area contributed by atoms with E-state index in [0.717, 1.165) is 0 Å². The minimum atomic E-state index is -4.23. The Hall–Kier alpha value is -1.43. The molecule has 1 aliphatic carbocycles. The average molecular weight is 289 g/mol. The number of halogens is 3. The van der Waals surface area contributed by atoms with E-state index in [9.17, 15) is 13.2 Å². The van der Waals surface area contributed by atoms with Crippen LogP contribution in [0.4, 0.5) is 13.2 Å². The first-order valence-electron chi connectivity index (χ1n) is 6.39. The summed E-state index contributed by atoms with van der Waals surface area (Å²) in [6.07, 6.45) is -3.99. The highest BCUT2D eigenvalue weighted by atomic mass is 19.4. The maximum atomic E-state index is 13.0. The predicted molar refractivity (Wildman–Crippen MR) is 69.1 cm³/mol. The average Bonchev–Trinajstić information content (AvgIpc) is 3.18. The van der Waals surface area contributed by atoms with E-state index in [1.165, 1.54) is 14.2 Å². The molecule has 1 atom stereocenters. The maximum absolute atomic E-state index is 13.0. The van der Waals surface area contributed by atoms with Gasteiger partial charge >= 0.3 is 6.18 Å². The SMILES string of the molecule is COc1ccc(OC)c(C(C)NC2(C(F)(F)F)CC2)c1. The molecule has 112 valence electrons. The predicted octanol–water partition coefficient (Wildman–Crippen LogP) is 3.45. The molecule has 1 aromatic carbocycles. The van der Waals surface area contributed by atoms with Gasteiger partial charge in [0.15, 0.2) is 0 Å². The normalized spacial score (nSPS) is 18.5. The molecule has 0 radical (unpaired) electrons. The molecular formula is C14H18F3NO2. The van der Waals surface area contributed by atoms with Gasteiger partial charge in [-0.2, -0.15) is 13.2 Å². The Balaban J connectivity index is 2.23. The summed E-state index contributed by atoms with van der Waals surface area (Å²) < 4.78 is 49.3. The van der Waals surface area contributed by atoms with Crippen LogP contribution in [0.2, 0.25) is 0 Å². The van der Waals surface area contributed by atoms with E-state index < -0.39 is 17.8 Å². The van der Waals surface area contributed by atoms with E-state index in [-0.39, 0.29) is 12.8 Å². The Kier molecular flexibility index (Phi) is 3.86. The molecule has 0 spiro atoms. The number of nitrogens with one attached hydrogen (secondary N) is 1. The van der Waals surface area contributed by atoms with Gasteiger partial charge in [0.2, 0.25) is 0 Å². The van der Waals surface area contributed by atoms with Crippen LogP contribution in [0, 0.1) is 0 Å². The second-order valence-electron chi connectivity index (χ2n) is 5.05. The summed E-state index contributed by atoms with van der Waals surface area (Å²) in [4.78, 5) is 0. The third kappa shape index (κ3) is 2.70. The molecule has 0 saturated heterocycles. The Labute approximate surface area is 116 Å². The molecule has 0 bridgehead atoms. The van der Waals surface area contributed by atoms with Crippen molar-refractivity contribution in [3.63, 3.8) is 0 Å². The van der Waals surface area contributed by atoms with Crippen molar-refractivity contribution in [3.05, 3.63) is 23.8 Å². The third-order valence-electron chi connectivity index (χ3n) is 3.69. The van der Waals surface area contributed by atoms with Crippen molar-refractivity contribution >= 4 is 0 Å². The molecule has 0 aliphatic heterocycles. The molecule has 20 heavy (non-hydrogen) atoms. The Bertz CT molecular complexity index is 484. The summed E-state index contributed by atoms with van der Waals surface area (Å²) in [6, 6.07) is 4.62. The van der Waals surface area contributed by atoms with Crippen LogP contribution in [0.1, 0.15) is 31.4 Å². The number of ether oxygens (including phenoxy) is 2. The summed E-state index contributed by atoms with van der Waals surface area (Å²) in [5.41, 5.74) is -1.09. The molecule has 1 unspecified atom stereocenters. The summed E-state index contributed by atoms with van der Waals surface area (Å²) in [6.45, 7) is 1.70. The van der Waals surface area contributed by atoms with E-state index >= 15 is 0 Å². The van der Waals surface area contributed by atoms with Crippen molar-refractivity contribution in [1.29, 1.82) is 0 Å². The molecular weight excluding hydrogens is 271 g/mol. The van der Waals surface area contributed by atoms with Crippen LogP contribution in [0.3, 0.4) is 0 Å². The number of benzene rings is 1. The number of rotatable bonds is 5. The first-order valence-corrected chi connectivity index (χ1v) is 6.39. The smallest absolute Gasteiger partial charge is 0.406 e. The van der Waals surface area contributed by atoms with Gasteiger partial charge in [-0.1, -0.05) is 0 Å². The zero-order chi connectivity index (χ0) is 15.0. The van der Waals surface area contributed by atoms with Crippen molar-refractivity contribution in [2.75, 3.05) is 14.2 Å². The standard InChI is InChI=1S/C14H18F3NO2/c1-9(18-13(6-7-13)14(15,16)17)11-8-10(19-2)4-5-12(11)20-3/h4-5,8-9,18H,6-7H2,1-3H3. The van der Waals surface area contributed by atoms with Gasteiger partial charge in [0, 0.05) is 11.6 Å². The largest absolute Gasteiger partial charge is 0.497 e. The Morgan fingerprint density at radius 3 is 2.30 bits per heavy atom. The second kappa shape index (κ2) is 5.16. The van der Waals surface area contributed by atoms with Crippen LogP contribution in [0.15, 0.2) is 18.2 Å². The minimum Gasteiger partial charge on any atom is -0.497 e. The van der Waals surface area contributed by atoms with E-state index in [1.54, 1.807) is 25.1 Å². The van der Waals surface area contributed by atoms with E-state index in [2.05, 4.69) is 5.32 Å². The molecule has 1 N–H and O–H groups in total. The number of alkyl halides is 3. The molecule has 1 aliphatic rings. The molecule has 6 heteroatoms. The maximum Gasteiger partial charge on any atom is 0.406 e. The van der Waals surface area contributed by atoms with Crippen LogP contribution < -0.4 is 14.8 Å². The van der Waals surface area contributed by atoms with Gasteiger partial charge in [0.25, 0.3) is 0 Å². The molecule has 2 rings (SSSR count). The Morgan fingerprint density at radius 1 is 1.20 bits per heavy atom.